The van der Waals surface area contributed by atoms with E-state index < -0.39 is 0 Å². The third kappa shape index (κ3) is 6.04. The molecule has 0 saturated heterocycles. The molecule has 0 heterocycles. The molecule has 28 heavy (non-hydrogen) atoms. The highest BCUT2D eigenvalue weighted by Gasteiger charge is 2.13. The maximum absolute atomic E-state index is 12.6. The monoisotopic (exact) mass is 411 g/mol. The van der Waals surface area contributed by atoms with E-state index >= 15 is 0 Å². The van der Waals surface area contributed by atoms with Crippen molar-refractivity contribution in [1.29, 1.82) is 0 Å². The molecule has 0 unspecified atom stereocenters. The summed E-state index contributed by atoms with van der Waals surface area (Å²) in [5, 5.41) is 3.45. The minimum absolute atomic E-state index is 0.185. The zero-order chi connectivity index (χ0) is 19.8. The van der Waals surface area contributed by atoms with E-state index in [9.17, 15) is 4.79 Å². The third-order valence-electron chi connectivity index (χ3n) is 4.10. The third-order valence-corrected chi connectivity index (χ3v) is 5.35. The molecule has 3 aromatic carbocycles. The van der Waals surface area contributed by atoms with Crippen LogP contribution in [0.5, 0.6) is 5.75 Å². The number of benzene rings is 3. The zero-order valence-electron chi connectivity index (χ0n) is 15.7. The normalized spacial score (nSPS) is 10.5. The Hall–Kier alpha value is -2.43. The summed E-state index contributed by atoms with van der Waals surface area (Å²) in [4.78, 5) is 13.8. The smallest absolute Gasteiger partial charge is 0.255 e. The van der Waals surface area contributed by atoms with Gasteiger partial charge in [-0.2, -0.15) is 0 Å². The van der Waals surface area contributed by atoms with Crippen molar-refractivity contribution in [3.8, 4) is 5.75 Å². The van der Waals surface area contributed by atoms with Gasteiger partial charge in [0.15, 0.2) is 0 Å². The SMILES string of the molecule is Cc1ccc(SCCNC(=O)c2cc(Cl)ccc2OCc2ccccc2)cc1. The molecular formula is C23H22ClNO2S. The van der Waals surface area contributed by atoms with E-state index in [2.05, 4.69) is 36.5 Å². The molecule has 3 rings (SSSR count). The molecule has 0 aromatic heterocycles. The van der Waals surface area contributed by atoms with Crippen LogP contribution in [0.25, 0.3) is 0 Å². The number of rotatable bonds is 8. The van der Waals surface area contributed by atoms with E-state index in [1.165, 1.54) is 10.5 Å². The van der Waals surface area contributed by atoms with Crippen molar-refractivity contribution < 1.29 is 9.53 Å². The molecule has 0 aliphatic carbocycles. The van der Waals surface area contributed by atoms with Crippen molar-refractivity contribution in [2.45, 2.75) is 18.4 Å². The van der Waals surface area contributed by atoms with Crippen molar-refractivity contribution in [3.05, 3.63) is 94.5 Å². The fourth-order valence-electron chi connectivity index (χ4n) is 2.60. The molecule has 0 bridgehead atoms. The Morgan fingerprint density at radius 2 is 1.79 bits per heavy atom. The van der Waals surface area contributed by atoms with Gasteiger partial charge in [0.1, 0.15) is 12.4 Å². The number of carbonyl (C=O) groups excluding carboxylic acids is 1. The number of ether oxygens (including phenoxy) is 1. The summed E-state index contributed by atoms with van der Waals surface area (Å²) in [6, 6.07) is 23.3. The summed E-state index contributed by atoms with van der Waals surface area (Å²) in [6.07, 6.45) is 0. The largest absolute Gasteiger partial charge is 0.488 e. The molecular weight excluding hydrogens is 390 g/mol. The van der Waals surface area contributed by atoms with Crippen molar-refractivity contribution in [2.75, 3.05) is 12.3 Å². The second kappa shape index (κ2) is 10.2. The Balaban J connectivity index is 1.56. The van der Waals surface area contributed by atoms with Crippen LogP contribution in [0, 0.1) is 6.92 Å². The van der Waals surface area contributed by atoms with Gasteiger partial charge in [-0.3, -0.25) is 4.79 Å². The van der Waals surface area contributed by atoms with Crippen LogP contribution in [-0.4, -0.2) is 18.2 Å². The molecule has 144 valence electrons. The van der Waals surface area contributed by atoms with Crippen LogP contribution in [0.4, 0.5) is 0 Å². The van der Waals surface area contributed by atoms with Crippen molar-refractivity contribution in [2.24, 2.45) is 0 Å². The van der Waals surface area contributed by atoms with Gasteiger partial charge < -0.3 is 10.1 Å². The molecule has 3 aromatic rings. The number of amides is 1. The summed E-state index contributed by atoms with van der Waals surface area (Å²) in [5.41, 5.74) is 2.73. The second-order valence-corrected chi connectivity index (χ2v) is 7.94. The zero-order valence-corrected chi connectivity index (χ0v) is 17.2. The first-order valence-electron chi connectivity index (χ1n) is 9.06. The lowest BCUT2D eigenvalue weighted by atomic mass is 10.2. The van der Waals surface area contributed by atoms with Crippen LogP contribution in [0.2, 0.25) is 5.02 Å². The van der Waals surface area contributed by atoms with Gasteiger partial charge in [-0.05, 0) is 42.8 Å². The highest BCUT2D eigenvalue weighted by molar-refractivity contribution is 7.99. The summed E-state index contributed by atoms with van der Waals surface area (Å²) < 4.78 is 5.86. The number of thioether (sulfide) groups is 1. The number of aryl methyl sites for hydroxylation is 1. The molecule has 1 amide bonds. The lowest BCUT2D eigenvalue weighted by Gasteiger charge is -2.12. The van der Waals surface area contributed by atoms with Crippen molar-refractivity contribution in [3.63, 3.8) is 0 Å². The van der Waals surface area contributed by atoms with Gasteiger partial charge in [0.25, 0.3) is 5.91 Å². The molecule has 0 aliphatic heterocycles. The lowest BCUT2D eigenvalue weighted by Crippen LogP contribution is -2.26. The van der Waals surface area contributed by atoms with Crippen LogP contribution in [0.1, 0.15) is 21.5 Å². The second-order valence-electron chi connectivity index (χ2n) is 6.33. The van der Waals surface area contributed by atoms with Crippen LogP contribution in [0.15, 0.2) is 77.7 Å². The Morgan fingerprint density at radius 1 is 1.04 bits per heavy atom. The lowest BCUT2D eigenvalue weighted by molar-refractivity contribution is 0.0951. The Bertz CT molecular complexity index is 914. The summed E-state index contributed by atoms with van der Waals surface area (Å²) in [7, 11) is 0. The number of nitrogens with one attached hydrogen (secondary N) is 1. The van der Waals surface area contributed by atoms with Gasteiger partial charge in [0.2, 0.25) is 0 Å². The standard InChI is InChI=1S/C23H22ClNO2S/c1-17-7-10-20(11-8-17)28-14-13-25-23(26)21-15-19(24)9-12-22(21)27-16-18-5-3-2-4-6-18/h2-12,15H,13-14,16H2,1H3,(H,25,26). The molecule has 0 fully saturated rings. The number of carbonyl (C=O) groups is 1. The van der Waals surface area contributed by atoms with E-state index in [1.54, 1.807) is 30.0 Å². The molecule has 5 heteroatoms. The van der Waals surface area contributed by atoms with Crippen LogP contribution in [-0.2, 0) is 6.61 Å². The average Bonchev–Trinajstić information content (AvgIpc) is 2.72. The van der Waals surface area contributed by atoms with Gasteiger partial charge in [-0.25, -0.2) is 0 Å². The highest BCUT2D eigenvalue weighted by atomic mass is 35.5. The molecule has 0 spiro atoms. The van der Waals surface area contributed by atoms with Gasteiger partial charge in [0.05, 0.1) is 5.56 Å². The van der Waals surface area contributed by atoms with Crippen molar-refractivity contribution in [1.82, 2.24) is 5.32 Å². The molecule has 0 saturated carbocycles. The van der Waals surface area contributed by atoms with E-state index in [1.807, 2.05) is 30.3 Å². The number of halogens is 1. The summed E-state index contributed by atoms with van der Waals surface area (Å²) in [6.45, 7) is 3.02. The maximum Gasteiger partial charge on any atom is 0.255 e. The fourth-order valence-corrected chi connectivity index (χ4v) is 3.54. The topological polar surface area (TPSA) is 38.3 Å². The van der Waals surface area contributed by atoms with Gasteiger partial charge >= 0.3 is 0 Å². The van der Waals surface area contributed by atoms with Gasteiger partial charge in [-0.15, -0.1) is 11.8 Å². The Morgan fingerprint density at radius 3 is 2.54 bits per heavy atom. The highest BCUT2D eigenvalue weighted by Crippen LogP contribution is 2.24. The molecule has 0 radical (unpaired) electrons. The predicted molar refractivity (Wildman–Crippen MR) is 116 cm³/mol. The number of hydrogen-bond donors (Lipinski definition) is 1. The van der Waals surface area contributed by atoms with E-state index in [0.29, 0.717) is 29.5 Å². The molecule has 1 N–H and O–H groups in total. The average molecular weight is 412 g/mol. The first kappa shape index (κ1) is 20.3. The van der Waals surface area contributed by atoms with Crippen molar-refractivity contribution >= 4 is 29.3 Å². The van der Waals surface area contributed by atoms with E-state index in [4.69, 9.17) is 16.3 Å². The van der Waals surface area contributed by atoms with E-state index in [-0.39, 0.29) is 5.91 Å². The molecule has 0 atom stereocenters. The minimum atomic E-state index is -0.185. The number of hydrogen-bond acceptors (Lipinski definition) is 3. The van der Waals surface area contributed by atoms with Crippen LogP contribution < -0.4 is 10.1 Å². The quantitative estimate of drug-likeness (QED) is 0.379. The first-order valence-corrected chi connectivity index (χ1v) is 10.4. The maximum atomic E-state index is 12.6. The minimum Gasteiger partial charge on any atom is -0.488 e. The predicted octanol–water partition coefficient (Wildman–Crippen LogP) is 5.75. The van der Waals surface area contributed by atoms with Crippen LogP contribution >= 0.6 is 23.4 Å². The Labute approximate surface area is 175 Å². The molecule has 0 aliphatic rings. The molecule has 3 nitrogen and oxygen atoms in total. The van der Waals surface area contributed by atoms with Crippen LogP contribution in [0.3, 0.4) is 0 Å². The van der Waals surface area contributed by atoms with Gasteiger partial charge in [0, 0.05) is 22.2 Å². The summed E-state index contributed by atoms with van der Waals surface area (Å²) in [5.74, 6) is 1.13. The Kier molecular flexibility index (Phi) is 7.40. The fraction of sp³-hybridized carbons (Fsp3) is 0.174. The first-order chi connectivity index (χ1) is 13.6. The van der Waals surface area contributed by atoms with E-state index in [0.717, 1.165) is 11.3 Å². The van der Waals surface area contributed by atoms with Gasteiger partial charge in [-0.1, -0.05) is 59.6 Å². The summed E-state index contributed by atoms with van der Waals surface area (Å²) >= 11 is 7.80.